The number of nitrogen functional groups attached to an aromatic ring is 1. The lowest BCUT2D eigenvalue weighted by Crippen LogP contribution is -2.03. The van der Waals surface area contributed by atoms with E-state index in [4.69, 9.17) is 10.5 Å². The molecule has 8 nitrogen and oxygen atoms in total. The molecular weight excluding hydrogens is 380 g/mol. The van der Waals surface area contributed by atoms with E-state index >= 15 is 0 Å². The van der Waals surface area contributed by atoms with Crippen LogP contribution in [0.15, 0.2) is 63.7 Å². The molecule has 3 aromatic rings. The van der Waals surface area contributed by atoms with Crippen LogP contribution in [-0.2, 0) is 14.9 Å². The molecule has 0 atom stereocenters. The minimum Gasteiger partial charge on any atom is -0.399 e. The number of methoxy groups -OCH3 is 1. The Morgan fingerprint density at radius 3 is 2.61 bits per heavy atom. The summed E-state index contributed by atoms with van der Waals surface area (Å²) in [7, 11) is -2.87. The van der Waals surface area contributed by atoms with Crippen molar-refractivity contribution >= 4 is 43.6 Å². The van der Waals surface area contributed by atoms with Crippen molar-refractivity contribution in [1.82, 2.24) is 0 Å². The van der Waals surface area contributed by atoms with Crippen LogP contribution in [0.3, 0.4) is 0 Å². The highest BCUT2D eigenvalue weighted by Crippen LogP contribution is 2.33. The lowest BCUT2D eigenvalue weighted by Gasteiger charge is -2.09. The number of nitrogens with two attached hydrogens (primary N) is 1. The second-order valence-electron chi connectivity index (χ2n) is 6.18. The van der Waals surface area contributed by atoms with Crippen molar-refractivity contribution in [2.45, 2.75) is 11.8 Å². The van der Waals surface area contributed by atoms with Gasteiger partial charge in [-0.05, 0) is 48.2 Å². The van der Waals surface area contributed by atoms with Crippen molar-refractivity contribution in [2.75, 3.05) is 24.9 Å². The van der Waals surface area contributed by atoms with Crippen LogP contribution in [0, 0.1) is 6.92 Å². The molecule has 9 heteroatoms. The van der Waals surface area contributed by atoms with Crippen LogP contribution in [0.5, 0.6) is 0 Å². The molecule has 0 aliphatic carbocycles. The van der Waals surface area contributed by atoms with Crippen LogP contribution in [-0.4, -0.2) is 26.8 Å². The number of hydrogen-bond acceptors (Lipinski definition) is 7. The van der Waals surface area contributed by atoms with Gasteiger partial charge in [-0.15, -0.1) is 5.11 Å². The number of hydrogen-bond donors (Lipinski definition) is 3. The van der Waals surface area contributed by atoms with Crippen molar-refractivity contribution in [3.63, 3.8) is 0 Å². The Hall–Kier alpha value is -3.01. The quantitative estimate of drug-likeness (QED) is 0.243. The second kappa shape index (κ2) is 7.93. The van der Waals surface area contributed by atoms with Crippen molar-refractivity contribution in [3.8, 4) is 0 Å². The van der Waals surface area contributed by atoms with E-state index in [0.717, 1.165) is 5.56 Å². The standard InChI is InChI=1S/C19H20N4O4S/c1-12-4-3-5-15-16(12)9-14(10-19(15)28(24,25)26)22-23-17-7-6-13(20)8-18(17)21-11-27-2/h3-10,21H,11,20H2,1-2H3,(H,24,25,26). The van der Waals surface area contributed by atoms with E-state index in [1.165, 1.54) is 6.07 Å². The molecule has 0 bridgehead atoms. The molecule has 28 heavy (non-hydrogen) atoms. The van der Waals surface area contributed by atoms with Crippen LogP contribution in [0.4, 0.5) is 22.7 Å². The SMILES string of the molecule is COCNc1cc(N)ccc1N=Nc1cc(S(=O)(=O)O)c2cccc(C)c2c1. The minimum absolute atomic E-state index is 0.210. The average Bonchev–Trinajstić information content (AvgIpc) is 2.64. The van der Waals surface area contributed by atoms with Crippen LogP contribution >= 0.6 is 0 Å². The van der Waals surface area contributed by atoms with Crippen LogP contribution < -0.4 is 11.1 Å². The first kappa shape index (κ1) is 19.7. The fraction of sp³-hybridized carbons (Fsp3) is 0.158. The van der Waals surface area contributed by atoms with Gasteiger partial charge in [0.05, 0.1) is 11.4 Å². The third-order valence-electron chi connectivity index (χ3n) is 4.14. The van der Waals surface area contributed by atoms with Gasteiger partial charge in [-0.25, -0.2) is 0 Å². The molecular formula is C19H20N4O4S. The van der Waals surface area contributed by atoms with Crippen LogP contribution in [0.2, 0.25) is 0 Å². The topological polar surface area (TPSA) is 126 Å². The third kappa shape index (κ3) is 4.28. The average molecular weight is 400 g/mol. The van der Waals surface area contributed by atoms with Gasteiger partial charge < -0.3 is 15.8 Å². The highest BCUT2D eigenvalue weighted by molar-refractivity contribution is 7.86. The molecule has 0 aliphatic rings. The maximum Gasteiger partial charge on any atom is 0.295 e. The predicted octanol–water partition coefficient (Wildman–Crippen LogP) is 4.41. The molecule has 0 unspecified atom stereocenters. The number of nitrogens with one attached hydrogen (secondary N) is 1. The Kier molecular flexibility index (Phi) is 5.59. The molecule has 0 aliphatic heterocycles. The van der Waals surface area contributed by atoms with E-state index in [-0.39, 0.29) is 11.6 Å². The zero-order chi connectivity index (χ0) is 20.3. The number of anilines is 2. The van der Waals surface area contributed by atoms with Gasteiger partial charge in [-0.3, -0.25) is 4.55 Å². The van der Waals surface area contributed by atoms with Crippen molar-refractivity contribution < 1.29 is 17.7 Å². The smallest absolute Gasteiger partial charge is 0.295 e. The molecule has 0 spiro atoms. The zero-order valence-electron chi connectivity index (χ0n) is 15.4. The molecule has 146 valence electrons. The van der Waals surface area contributed by atoms with Gasteiger partial charge in [-0.2, -0.15) is 13.5 Å². The highest BCUT2D eigenvalue weighted by Gasteiger charge is 2.16. The first-order valence-electron chi connectivity index (χ1n) is 8.34. The van der Waals surface area contributed by atoms with Gasteiger partial charge in [0, 0.05) is 18.2 Å². The number of azo groups is 1. The maximum absolute atomic E-state index is 11.8. The Morgan fingerprint density at radius 2 is 1.89 bits per heavy atom. The summed E-state index contributed by atoms with van der Waals surface area (Å²) in [4.78, 5) is -0.210. The van der Waals surface area contributed by atoms with Gasteiger partial charge in [0.2, 0.25) is 0 Å². The number of aryl methyl sites for hydroxylation is 1. The fourth-order valence-electron chi connectivity index (χ4n) is 2.80. The lowest BCUT2D eigenvalue weighted by atomic mass is 10.1. The normalized spacial score (nSPS) is 12.0. The first-order valence-corrected chi connectivity index (χ1v) is 9.78. The summed E-state index contributed by atoms with van der Waals surface area (Å²) in [6.45, 7) is 2.11. The molecule has 0 amide bonds. The predicted molar refractivity (Wildman–Crippen MR) is 109 cm³/mol. The zero-order valence-corrected chi connectivity index (χ0v) is 16.2. The molecule has 3 aromatic carbocycles. The third-order valence-corrected chi connectivity index (χ3v) is 5.03. The summed E-state index contributed by atoms with van der Waals surface area (Å²) in [6, 6.07) is 13.3. The lowest BCUT2D eigenvalue weighted by molar-refractivity contribution is 0.221. The summed E-state index contributed by atoms with van der Waals surface area (Å²) in [5.74, 6) is 0. The van der Waals surface area contributed by atoms with E-state index in [0.29, 0.717) is 33.5 Å². The number of ether oxygens (including phenoxy) is 1. The monoisotopic (exact) mass is 400 g/mol. The van der Waals surface area contributed by atoms with Gasteiger partial charge in [-0.1, -0.05) is 18.2 Å². The van der Waals surface area contributed by atoms with E-state index in [1.807, 2.05) is 13.0 Å². The van der Waals surface area contributed by atoms with Gasteiger partial charge >= 0.3 is 0 Å². The summed E-state index contributed by atoms with van der Waals surface area (Å²) >= 11 is 0. The van der Waals surface area contributed by atoms with E-state index in [2.05, 4.69) is 15.5 Å². The van der Waals surface area contributed by atoms with Crippen molar-refractivity contribution in [2.24, 2.45) is 10.2 Å². The molecule has 3 rings (SSSR count). The molecule has 0 heterocycles. The number of fused-ring (bicyclic) bond motifs is 1. The summed E-state index contributed by atoms with van der Waals surface area (Å²) in [6.07, 6.45) is 0. The Bertz CT molecular complexity index is 1160. The molecule has 0 aromatic heterocycles. The summed E-state index contributed by atoms with van der Waals surface area (Å²) in [5.41, 5.74) is 8.63. The van der Waals surface area contributed by atoms with Crippen LogP contribution in [0.25, 0.3) is 10.8 Å². The molecule has 4 N–H and O–H groups in total. The molecule has 0 saturated heterocycles. The Morgan fingerprint density at radius 1 is 1.11 bits per heavy atom. The number of nitrogens with zero attached hydrogens (tertiary/aromatic N) is 2. The van der Waals surface area contributed by atoms with Crippen LogP contribution in [0.1, 0.15) is 5.56 Å². The van der Waals surface area contributed by atoms with Gasteiger partial charge in [0.15, 0.2) is 0 Å². The second-order valence-corrected chi connectivity index (χ2v) is 7.57. The molecule has 0 fully saturated rings. The van der Waals surface area contributed by atoms with E-state index < -0.39 is 10.1 Å². The molecule has 0 saturated carbocycles. The Labute approximate surface area is 162 Å². The number of rotatable bonds is 6. The minimum atomic E-state index is -4.42. The van der Waals surface area contributed by atoms with E-state index in [1.54, 1.807) is 43.5 Å². The largest absolute Gasteiger partial charge is 0.399 e. The van der Waals surface area contributed by atoms with Gasteiger partial charge in [0.25, 0.3) is 10.1 Å². The first-order chi connectivity index (χ1) is 13.3. The van der Waals surface area contributed by atoms with Crippen molar-refractivity contribution in [1.29, 1.82) is 0 Å². The van der Waals surface area contributed by atoms with Gasteiger partial charge in [0.1, 0.15) is 17.3 Å². The molecule has 0 radical (unpaired) electrons. The Balaban J connectivity index is 2.09. The highest BCUT2D eigenvalue weighted by atomic mass is 32.2. The van der Waals surface area contributed by atoms with E-state index in [9.17, 15) is 13.0 Å². The maximum atomic E-state index is 11.8. The fourth-order valence-corrected chi connectivity index (χ4v) is 3.53. The summed E-state index contributed by atoms with van der Waals surface area (Å²) in [5, 5.41) is 12.5. The number of benzene rings is 3. The van der Waals surface area contributed by atoms with Crippen molar-refractivity contribution in [3.05, 3.63) is 54.1 Å². The summed E-state index contributed by atoms with van der Waals surface area (Å²) < 4.78 is 38.3.